The molecule has 2 fully saturated rings. The smallest absolute Gasteiger partial charge is 0.414 e. The lowest BCUT2D eigenvalue weighted by Gasteiger charge is -2.26. The van der Waals surface area contributed by atoms with Gasteiger partial charge in [0.2, 0.25) is 5.95 Å². The average Bonchev–Trinajstić information content (AvgIpc) is 3.60. The van der Waals surface area contributed by atoms with Gasteiger partial charge in [-0.3, -0.25) is 5.32 Å². The van der Waals surface area contributed by atoms with Crippen LogP contribution < -0.4 is 5.32 Å². The van der Waals surface area contributed by atoms with Crippen LogP contribution in [-0.2, 0) is 18.9 Å². The Morgan fingerprint density at radius 2 is 1.81 bits per heavy atom. The summed E-state index contributed by atoms with van der Waals surface area (Å²) in [6.07, 6.45) is 3.25. The molecule has 3 heterocycles. The van der Waals surface area contributed by atoms with Gasteiger partial charge in [-0.2, -0.15) is 9.97 Å². The van der Waals surface area contributed by atoms with Crippen molar-refractivity contribution in [3.05, 3.63) is 83.8 Å². The van der Waals surface area contributed by atoms with Crippen LogP contribution in [0, 0.1) is 5.92 Å². The number of aromatic nitrogens is 4. The molecule has 1 unspecified atom stereocenters. The van der Waals surface area contributed by atoms with Crippen LogP contribution in [-0.4, -0.2) is 62.8 Å². The molecule has 12 heteroatoms. The number of carbonyl (C=O) groups excluding carboxylic acids is 2. The quantitative estimate of drug-likeness (QED) is 0.117. The third-order valence-electron chi connectivity index (χ3n) is 8.22. The van der Waals surface area contributed by atoms with Crippen molar-refractivity contribution in [3.63, 3.8) is 0 Å². The molecule has 1 N–H and O–H groups in total. The first-order valence-corrected chi connectivity index (χ1v) is 16.1. The monoisotopic (exact) mass is 659 g/mol. The predicted molar refractivity (Wildman–Crippen MR) is 177 cm³/mol. The standard InChI is InChI=1S/C35H38ClN5O6/c1-21-25(19-45-28-12-8-9-17-44-28)27(46-32(42)24-15-13-23(14-16-24)22-10-6-5-7-11-22)18-26(21)41-20-37-29-30(36)38-33(39-31(29)41)40-34(43)47-35(2,3)4/h5-7,10-11,13-16,20,25-28H,1,8-9,12,17-19H2,2-4H3,(H,38,39,40,43)/t25-,26-,27-,28?/m0/s1. The first-order valence-electron chi connectivity index (χ1n) is 15.7. The summed E-state index contributed by atoms with van der Waals surface area (Å²) in [5.74, 6) is -0.794. The molecule has 1 saturated heterocycles. The highest BCUT2D eigenvalue weighted by molar-refractivity contribution is 6.33. The maximum atomic E-state index is 13.5. The minimum atomic E-state index is -0.713. The number of benzene rings is 2. The normalized spacial score (nSPS) is 21.5. The third-order valence-corrected chi connectivity index (χ3v) is 8.49. The molecule has 2 aromatic carbocycles. The zero-order valence-electron chi connectivity index (χ0n) is 26.6. The fourth-order valence-electron chi connectivity index (χ4n) is 5.91. The van der Waals surface area contributed by atoms with E-state index in [0.29, 0.717) is 29.8 Å². The third kappa shape index (κ3) is 7.64. The van der Waals surface area contributed by atoms with Gasteiger partial charge in [-0.25, -0.2) is 14.6 Å². The largest absolute Gasteiger partial charge is 0.458 e. The van der Waals surface area contributed by atoms with E-state index in [4.69, 9.17) is 30.5 Å². The number of halogens is 1. The molecule has 6 rings (SSSR count). The van der Waals surface area contributed by atoms with Gasteiger partial charge >= 0.3 is 12.1 Å². The molecule has 0 spiro atoms. The van der Waals surface area contributed by atoms with E-state index in [1.807, 2.05) is 47.0 Å². The van der Waals surface area contributed by atoms with E-state index in [1.54, 1.807) is 39.2 Å². The number of hydrogen-bond acceptors (Lipinski definition) is 9. The van der Waals surface area contributed by atoms with Crippen LogP contribution in [0.2, 0.25) is 5.15 Å². The molecule has 4 aromatic rings. The summed E-state index contributed by atoms with van der Waals surface area (Å²) >= 11 is 6.47. The molecular weight excluding hydrogens is 622 g/mol. The van der Waals surface area contributed by atoms with Crippen molar-refractivity contribution in [3.8, 4) is 11.1 Å². The van der Waals surface area contributed by atoms with Crippen molar-refractivity contribution >= 4 is 40.8 Å². The van der Waals surface area contributed by atoms with Gasteiger partial charge in [0.1, 0.15) is 17.2 Å². The number of carbonyl (C=O) groups is 2. The van der Waals surface area contributed by atoms with Crippen LogP contribution in [0.5, 0.6) is 0 Å². The zero-order chi connectivity index (χ0) is 33.1. The van der Waals surface area contributed by atoms with Crippen LogP contribution in [0.15, 0.2) is 73.1 Å². The highest BCUT2D eigenvalue weighted by Gasteiger charge is 2.42. The van der Waals surface area contributed by atoms with Gasteiger partial charge in [-0.15, -0.1) is 0 Å². The number of nitrogens with zero attached hydrogens (tertiary/aromatic N) is 4. The summed E-state index contributed by atoms with van der Waals surface area (Å²) in [5.41, 5.74) is 3.33. The van der Waals surface area contributed by atoms with Gasteiger partial charge in [-0.05, 0) is 68.9 Å². The molecule has 1 saturated carbocycles. The number of amides is 1. The fraction of sp³-hybridized carbons (Fsp3) is 0.400. The lowest BCUT2D eigenvalue weighted by Crippen LogP contribution is -2.30. The van der Waals surface area contributed by atoms with Crippen LogP contribution in [0.25, 0.3) is 22.3 Å². The van der Waals surface area contributed by atoms with E-state index in [1.165, 1.54) is 0 Å². The van der Waals surface area contributed by atoms with E-state index >= 15 is 0 Å². The Bertz CT molecular complexity index is 1750. The fourth-order valence-corrected chi connectivity index (χ4v) is 6.12. The van der Waals surface area contributed by atoms with Gasteiger partial charge in [0, 0.05) is 18.9 Å². The van der Waals surface area contributed by atoms with E-state index in [0.717, 1.165) is 36.0 Å². The number of hydrogen-bond donors (Lipinski definition) is 1. The molecule has 1 aliphatic heterocycles. The molecule has 1 aliphatic carbocycles. The van der Waals surface area contributed by atoms with Crippen molar-refractivity contribution < 1.29 is 28.5 Å². The lowest BCUT2D eigenvalue weighted by molar-refractivity contribution is -0.170. The maximum Gasteiger partial charge on any atom is 0.414 e. The number of rotatable bonds is 8. The van der Waals surface area contributed by atoms with Crippen molar-refractivity contribution in [2.24, 2.45) is 5.92 Å². The van der Waals surface area contributed by atoms with Gasteiger partial charge < -0.3 is 23.5 Å². The van der Waals surface area contributed by atoms with Gasteiger partial charge in [0.25, 0.3) is 0 Å². The van der Waals surface area contributed by atoms with Gasteiger partial charge in [0.15, 0.2) is 17.1 Å². The molecule has 2 aliphatic rings. The van der Waals surface area contributed by atoms with Crippen LogP contribution >= 0.6 is 11.6 Å². The summed E-state index contributed by atoms with van der Waals surface area (Å²) in [5, 5.41) is 2.62. The average molecular weight is 660 g/mol. The molecule has 1 amide bonds. The summed E-state index contributed by atoms with van der Waals surface area (Å²) in [7, 11) is 0. The topological polar surface area (TPSA) is 127 Å². The summed E-state index contributed by atoms with van der Waals surface area (Å²) < 4.78 is 25.3. The summed E-state index contributed by atoms with van der Waals surface area (Å²) in [6.45, 7) is 10.6. The van der Waals surface area contributed by atoms with E-state index in [2.05, 4.69) is 26.8 Å². The minimum Gasteiger partial charge on any atom is -0.458 e. The molecule has 0 radical (unpaired) electrons. The second-order valence-corrected chi connectivity index (χ2v) is 13.1. The van der Waals surface area contributed by atoms with Crippen molar-refractivity contribution in [1.82, 2.24) is 19.5 Å². The van der Waals surface area contributed by atoms with E-state index in [9.17, 15) is 9.59 Å². The van der Waals surface area contributed by atoms with E-state index < -0.39 is 23.8 Å². The zero-order valence-corrected chi connectivity index (χ0v) is 27.4. The number of fused-ring (bicyclic) bond motifs is 1. The second-order valence-electron chi connectivity index (χ2n) is 12.7. The minimum absolute atomic E-state index is 0.0293. The number of ether oxygens (including phenoxy) is 4. The number of imidazole rings is 1. The van der Waals surface area contributed by atoms with Crippen LogP contribution in [0.3, 0.4) is 0 Å². The molecule has 47 heavy (non-hydrogen) atoms. The Kier molecular flexibility index (Phi) is 9.58. The Morgan fingerprint density at radius 1 is 1.06 bits per heavy atom. The molecule has 0 bridgehead atoms. The molecule has 246 valence electrons. The molecular formula is C35H38ClN5O6. The highest BCUT2D eigenvalue weighted by atomic mass is 35.5. The van der Waals surface area contributed by atoms with Crippen molar-refractivity contribution in [2.45, 2.75) is 70.5 Å². The van der Waals surface area contributed by atoms with Gasteiger partial charge in [-0.1, -0.05) is 60.6 Å². The Hall–Kier alpha value is -4.32. The summed E-state index contributed by atoms with van der Waals surface area (Å²) in [6, 6.07) is 17.0. The molecule has 11 nitrogen and oxygen atoms in total. The number of anilines is 1. The van der Waals surface area contributed by atoms with E-state index in [-0.39, 0.29) is 36.0 Å². The number of nitrogens with one attached hydrogen (secondary N) is 1. The maximum absolute atomic E-state index is 13.5. The Morgan fingerprint density at radius 3 is 2.51 bits per heavy atom. The first kappa shape index (κ1) is 32.6. The predicted octanol–water partition coefficient (Wildman–Crippen LogP) is 7.38. The van der Waals surface area contributed by atoms with Crippen molar-refractivity contribution in [2.75, 3.05) is 18.5 Å². The first-order chi connectivity index (χ1) is 22.6. The Balaban J connectivity index is 1.24. The molecule has 4 atom stereocenters. The SMILES string of the molecule is C=C1[C@H](COC2CCCCO2)[C@@H](OC(=O)c2ccc(-c3ccccc3)cc2)C[C@@H]1n1cnc2c(Cl)nc(NC(=O)OC(C)(C)C)nc21. The highest BCUT2D eigenvalue weighted by Crippen LogP contribution is 2.43. The summed E-state index contributed by atoms with van der Waals surface area (Å²) in [4.78, 5) is 39.1. The van der Waals surface area contributed by atoms with Crippen LogP contribution in [0.4, 0.5) is 10.7 Å². The molecule has 2 aromatic heterocycles. The number of esters is 1. The van der Waals surface area contributed by atoms with Crippen molar-refractivity contribution in [1.29, 1.82) is 0 Å². The second kappa shape index (κ2) is 13.8. The van der Waals surface area contributed by atoms with Gasteiger partial charge in [0.05, 0.1) is 24.5 Å². The van der Waals surface area contributed by atoms with Crippen LogP contribution in [0.1, 0.15) is 62.9 Å². The lowest BCUT2D eigenvalue weighted by atomic mass is 10.0. The Labute approximate surface area is 278 Å².